The maximum atomic E-state index is 11.6. The van der Waals surface area contributed by atoms with Crippen molar-refractivity contribution in [3.05, 3.63) is 0 Å². The zero-order valence-electron chi connectivity index (χ0n) is 7.70. The number of rotatable bonds is 7. The first-order valence-corrected chi connectivity index (χ1v) is 4.58. The minimum atomic E-state index is -0.198. The van der Waals surface area contributed by atoms with Crippen molar-refractivity contribution >= 4 is 0 Å². The molecule has 0 fully saturated rings. The third-order valence-electron chi connectivity index (χ3n) is 2.00. The van der Waals surface area contributed by atoms with Gasteiger partial charge in [0.05, 0.1) is 6.67 Å². The van der Waals surface area contributed by atoms with Crippen LogP contribution in [0.3, 0.4) is 0 Å². The van der Waals surface area contributed by atoms with E-state index in [4.69, 9.17) is 0 Å². The highest BCUT2D eigenvalue weighted by atomic mass is 19.1. The second kappa shape index (κ2) is 7.99. The van der Waals surface area contributed by atoms with Crippen molar-refractivity contribution in [2.45, 2.75) is 33.1 Å². The lowest BCUT2D eigenvalue weighted by Crippen LogP contribution is -2.18. The Morgan fingerprint density at radius 1 is 1.36 bits per heavy atom. The standard InChI is InChI=1S/C9H20FN/c1-3-9(2)5-8-11-7-4-6-10/h9,11H,3-8H2,1-2H3/t9-/m1/s1. The normalized spacial score (nSPS) is 13.4. The van der Waals surface area contributed by atoms with Crippen LogP contribution in [0.25, 0.3) is 0 Å². The van der Waals surface area contributed by atoms with Gasteiger partial charge in [-0.05, 0) is 31.8 Å². The number of nitrogens with one attached hydrogen (secondary N) is 1. The predicted molar refractivity (Wildman–Crippen MR) is 47.5 cm³/mol. The van der Waals surface area contributed by atoms with E-state index >= 15 is 0 Å². The lowest BCUT2D eigenvalue weighted by molar-refractivity contribution is 0.443. The van der Waals surface area contributed by atoms with E-state index in [9.17, 15) is 4.39 Å². The monoisotopic (exact) mass is 161 g/mol. The summed E-state index contributed by atoms with van der Waals surface area (Å²) in [5.74, 6) is 0.799. The topological polar surface area (TPSA) is 12.0 Å². The molecular weight excluding hydrogens is 141 g/mol. The Kier molecular flexibility index (Phi) is 7.91. The highest BCUT2D eigenvalue weighted by Gasteiger charge is 1.96. The van der Waals surface area contributed by atoms with Crippen molar-refractivity contribution in [1.82, 2.24) is 5.32 Å². The molecular formula is C9H20FN. The molecule has 0 saturated heterocycles. The van der Waals surface area contributed by atoms with E-state index < -0.39 is 0 Å². The van der Waals surface area contributed by atoms with Gasteiger partial charge in [-0.25, -0.2) is 0 Å². The number of hydrogen-bond acceptors (Lipinski definition) is 1. The first kappa shape index (κ1) is 10.9. The largest absolute Gasteiger partial charge is 0.317 e. The van der Waals surface area contributed by atoms with Gasteiger partial charge in [0, 0.05) is 0 Å². The maximum Gasteiger partial charge on any atom is 0.0906 e. The molecule has 0 aromatic rings. The molecule has 11 heavy (non-hydrogen) atoms. The molecule has 68 valence electrons. The van der Waals surface area contributed by atoms with E-state index in [0.29, 0.717) is 6.42 Å². The Hall–Kier alpha value is -0.110. The molecule has 0 radical (unpaired) electrons. The van der Waals surface area contributed by atoms with E-state index in [0.717, 1.165) is 19.0 Å². The molecule has 0 unspecified atom stereocenters. The van der Waals surface area contributed by atoms with Crippen molar-refractivity contribution in [1.29, 1.82) is 0 Å². The molecule has 0 amide bonds. The van der Waals surface area contributed by atoms with Crippen LogP contribution in [0.2, 0.25) is 0 Å². The van der Waals surface area contributed by atoms with Crippen molar-refractivity contribution in [3.63, 3.8) is 0 Å². The SMILES string of the molecule is CC[C@@H](C)CCNCCCF. The number of hydrogen-bond donors (Lipinski definition) is 1. The van der Waals surface area contributed by atoms with Gasteiger partial charge in [-0.1, -0.05) is 20.3 Å². The molecule has 0 saturated carbocycles. The van der Waals surface area contributed by atoms with Crippen molar-refractivity contribution in [2.24, 2.45) is 5.92 Å². The van der Waals surface area contributed by atoms with E-state index in [2.05, 4.69) is 19.2 Å². The van der Waals surface area contributed by atoms with Crippen LogP contribution in [0.5, 0.6) is 0 Å². The fraction of sp³-hybridized carbons (Fsp3) is 1.00. The molecule has 0 aliphatic rings. The molecule has 0 rings (SSSR count). The Morgan fingerprint density at radius 3 is 2.64 bits per heavy atom. The van der Waals surface area contributed by atoms with Gasteiger partial charge in [-0.3, -0.25) is 4.39 Å². The quantitative estimate of drug-likeness (QED) is 0.565. The highest BCUT2D eigenvalue weighted by Crippen LogP contribution is 2.03. The summed E-state index contributed by atoms with van der Waals surface area (Å²) < 4.78 is 11.6. The summed E-state index contributed by atoms with van der Waals surface area (Å²) in [7, 11) is 0. The van der Waals surface area contributed by atoms with Gasteiger partial charge in [0.2, 0.25) is 0 Å². The van der Waals surface area contributed by atoms with Crippen LogP contribution in [-0.4, -0.2) is 19.8 Å². The van der Waals surface area contributed by atoms with Crippen LogP contribution in [0.15, 0.2) is 0 Å². The molecule has 1 N–H and O–H groups in total. The molecule has 0 aromatic carbocycles. The van der Waals surface area contributed by atoms with E-state index in [1.165, 1.54) is 12.8 Å². The summed E-state index contributed by atoms with van der Waals surface area (Å²) in [5, 5.41) is 3.21. The van der Waals surface area contributed by atoms with Gasteiger partial charge in [0.25, 0.3) is 0 Å². The molecule has 0 aliphatic carbocycles. The zero-order valence-corrected chi connectivity index (χ0v) is 7.70. The van der Waals surface area contributed by atoms with Gasteiger partial charge in [0.15, 0.2) is 0 Å². The molecule has 0 aromatic heterocycles. The van der Waals surface area contributed by atoms with Gasteiger partial charge >= 0.3 is 0 Å². The summed E-state index contributed by atoms with van der Waals surface area (Å²) in [6.07, 6.45) is 3.11. The highest BCUT2D eigenvalue weighted by molar-refractivity contribution is 4.53. The second-order valence-corrected chi connectivity index (χ2v) is 3.09. The molecule has 2 heteroatoms. The Morgan fingerprint density at radius 2 is 2.09 bits per heavy atom. The van der Waals surface area contributed by atoms with E-state index in [-0.39, 0.29) is 6.67 Å². The first-order chi connectivity index (χ1) is 5.31. The van der Waals surface area contributed by atoms with Gasteiger partial charge in [-0.15, -0.1) is 0 Å². The Labute approximate surface area is 69.4 Å². The third-order valence-corrected chi connectivity index (χ3v) is 2.00. The minimum Gasteiger partial charge on any atom is -0.317 e. The fourth-order valence-corrected chi connectivity index (χ4v) is 0.869. The Balaban J connectivity index is 2.89. The summed E-state index contributed by atoms with van der Waals surface area (Å²) in [6.45, 7) is 6.11. The molecule has 0 heterocycles. The summed E-state index contributed by atoms with van der Waals surface area (Å²) >= 11 is 0. The van der Waals surface area contributed by atoms with Crippen LogP contribution >= 0.6 is 0 Å². The van der Waals surface area contributed by atoms with Crippen LogP contribution in [0.1, 0.15) is 33.1 Å². The van der Waals surface area contributed by atoms with Gasteiger partial charge in [-0.2, -0.15) is 0 Å². The summed E-state index contributed by atoms with van der Waals surface area (Å²) in [4.78, 5) is 0. The average molecular weight is 161 g/mol. The average Bonchev–Trinajstić information content (AvgIpc) is 2.04. The molecule has 1 nitrogen and oxygen atoms in total. The lowest BCUT2D eigenvalue weighted by atomic mass is 10.1. The molecule has 0 bridgehead atoms. The van der Waals surface area contributed by atoms with Crippen LogP contribution < -0.4 is 5.32 Å². The van der Waals surface area contributed by atoms with E-state index in [1.54, 1.807) is 0 Å². The molecule has 0 aliphatic heterocycles. The molecule has 1 atom stereocenters. The fourth-order valence-electron chi connectivity index (χ4n) is 0.869. The van der Waals surface area contributed by atoms with Crippen molar-refractivity contribution < 1.29 is 4.39 Å². The third kappa shape index (κ3) is 7.79. The van der Waals surface area contributed by atoms with Crippen LogP contribution in [0.4, 0.5) is 4.39 Å². The molecule has 0 spiro atoms. The van der Waals surface area contributed by atoms with E-state index in [1.807, 2.05) is 0 Å². The zero-order chi connectivity index (χ0) is 8.53. The first-order valence-electron chi connectivity index (χ1n) is 4.58. The van der Waals surface area contributed by atoms with Crippen molar-refractivity contribution in [2.75, 3.05) is 19.8 Å². The van der Waals surface area contributed by atoms with Gasteiger partial charge < -0.3 is 5.32 Å². The smallest absolute Gasteiger partial charge is 0.0906 e. The van der Waals surface area contributed by atoms with Crippen LogP contribution in [-0.2, 0) is 0 Å². The second-order valence-electron chi connectivity index (χ2n) is 3.09. The maximum absolute atomic E-state index is 11.6. The predicted octanol–water partition coefficient (Wildman–Crippen LogP) is 2.37. The van der Waals surface area contributed by atoms with Crippen molar-refractivity contribution in [3.8, 4) is 0 Å². The lowest BCUT2D eigenvalue weighted by Gasteiger charge is -2.08. The number of alkyl halides is 1. The van der Waals surface area contributed by atoms with Gasteiger partial charge in [0.1, 0.15) is 0 Å². The summed E-state index contributed by atoms with van der Waals surface area (Å²) in [6, 6.07) is 0. The Bertz CT molecular complexity index is 76.0. The van der Waals surface area contributed by atoms with Crippen LogP contribution in [0, 0.1) is 5.92 Å². The minimum absolute atomic E-state index is 0.198. The number of halogens is 1. The summed E-state index contributed by atoms with van der Waals surface area (Å²) in [5.41, 5.74) is 0.